The normalized spacial score (nSPS) is 10.9. The number of aromatic amines is 1. The third kappa shape index (κ3) is 9.12. The van der Waals surface area contributed by atoms with E-state index >= 15 is 0 Å². The van der Waals surface area contributed by atoms with Crippen LogP contribution in [-0.2, 0) is 0 Å². The zero-order valence-corrected chi connectivity index (χ0v) is 15.0. The van der Waals surface area contributed by atoms with Crippen molar-refractivity contribution in [2.24, 2.45) is 0 Å². The lowest BCUT2D eigenvalue weighted by atomic mass is 10.1. The van der Waals surface area contributed by atoms with Crippen LogP contribution in [0.2, 0.25) is 0 Å². The first kappa shape index (κ1) is 19.3. The molecule has 0 spiro atoms. The molecule has 0 aliphatic carbocycles. The average Bonchev–Trinajstić information content (AvgIpc) is 2.94. The summed E-state index contributed by atoms with van der Waals surface area (Å²) in [5.41, 5.74) is 6.63. The second-order valence-corrected chi connectivity index (χ2v) is 6.14. The number of hydrogen-bond acceptors (Lipinski definition) is 1. The molecular formula is C21H34N2. The number of para-hydroxylation sites is 1. The largest absolute Gasteiger partial charge is 0.385 e. The van der Waals surface area contributed by atoms with E-state index in [1.54, 1.807) is 0 Å². The highest BCUT2D eigenvalue weighted by molar-refractivity contribution is 5.82. The van der Waals surface area contributed by atoms with Gasteiger partial charge >= 0.3 is 0 Å². The zero-order chi connectivity index (χ0) is 16.8. The van der Waals surface area contributed by atoms with E-state index in [4.69, 9.17) is 5.73 Å². The van der Waals surface area contributed by atoms with Gasteiger partial charge in [0.05, 0.1) is 0 Å². The maximum Gasteiger partial charge on any atom is 0.101 e. The number of benzene rings is 1. The van der Waals surface area contributed by atoms with E-state index in [9.17, 15) is 0 Å². The van der Waals surface area contributed by atoms with E-state index in [1.807, 2.05) is 30.3 Å². The molecule has 2 aromatic rings. The summed E-state index contributed by atoms with van der Waals surface area (Å²) in [5, 5.41) is 1.17. The number of hydrogen-bond donors (Lipinski definition) is 2. The summed E-state index contributed by atoms with van der Waals surface area (Å²) < 4.78 is 0. The number of unbranched alkanes of at least 4 members (excludes halogenated alkanes) is 8. The van der Waals surface area contributed by atoms with E-state index in [0.717, 1.165) is 11.3 Å². The van der Waals surface area contributed by atoms with Crippen LogP contribution in [0.3, 0.4) is 0 Å². The summed E-state index contributed by atoms with van der Waals surface area (Å²) in [4.78, 5) is 3.04. The molecule has 128 valence electrons. The predicted molar refractivity (Wildman–Crippen MR) is 105 cm³/mol. The van der Waals surface area contributed by atoms with E-state index < -0.39 is 0 Å². The molecule has 0 bridgehead atoms. The molecule has 1 aromatic carbocycles. The van der Waals surface area contributed by atoms with Gasteiger partial charge in [-0.2, -0.15) is 0 Å². The Hall–Kier alpha value is -1.70. The summed E-state index contributed by atoms with van der Waals surface area (Å²) in [7, 11) is 0. The highest BCUT2D eigenvalue weighted by Gasteiger charge is 1.93. The maximum absolute atomic E-state index is 5.54. The zero-order valence-electron chi connectivity index (χ0n) is 15.0. The summed E-state index contributed by atoms with van der Waals surface area (Å²) in [6.45, 7) is 4.38. The quantitative estimate of drug-likeness (QED) is 0.386. The van der Waals surface area contributed by atoms with Gasteiger partial charge in [-0.3, -0.25) is 0 Å². The van der Waals surface area contributed by atoms with E-state index in [1.165, 1.54) is 63.2 Å². The Balaban J connectivity index is 0.000000235. The van der Waals surface area contributed by atoms with Crippen LogP contribution in [0.5, 0.6) is 0 Å². The minimum absolute atomic E-state index is 0.723. The van der Waals surface area contributed by atoms with Crippen LogP contribution < -0.4 is 5.73 Å². The first-order chi connectivity index (χ1) is 11.3. The predicted octanol–water partition coefficient (Wildman–Crippen LogP) is 6.84. The number of nitrogen functional groups attached to an aromatic ring is 1. The molecule has 1 aromatic heterocycles. The summed E-state index contributed by atoms with van der Waals surface area (Å²) in [5.74, 6) is 0.723. The summed E-state index contributed by atoms with van der Waals surface area (Å²) in [6.07, 6.45) is 17.1. The molecule has 23 heavy (non-hydrogen) atoms. The van der Waals surface area contributed by atoms with Crippen molar-refractivity contribution in [3.63, 3.8) is 0 Å². The van der Waals surface area contributed by atoms with Gasteiger partial charge in [0.25, 0.3) is 0 Å². The number of fused-ring (bicyclic) bond motifs is 1. The highest BCUT2D eigenvalue weighted by Crippen LogP contribution is 2.14. The van der Waals surface area contributed by atoms with Gasteiger partial charge in [0.1, 0.15) is 5.82 Å². The van der Waals surface area contributed by atoms with Crippen LogP contribution in [0, 0.1) is 0 Å². The third-order valence-electron chi connectivity index (χ3n) is 4.01. The van der Waals surface area contributed by atoms with Gasteiger partial charge in [-0.1, -0.05) is 82.2 Å². The van der Waals surface area contributed by atoms with Gasteiger partial charge in [-0.15, -0.1) is 0 Å². The minimum atomic E-state index is 0.723. The standard InChI is InChI=1S/C13H26.C8H8N2/c1-3-5-7-9-11-13-12-10-8-6-4-2;9-8-5-6-3-1-2-4-7(6)10-8/h3,5H,4,6-13H2,1-2H3;1-5,10H,9H2. The molecule has 0 radical (unpaired) electrons. The van der Waals surface area contributed by atoms with Gasteiger partial charge in [0.2, 0.25) is 0 Å². The second-order valence-electron chi connectivity index (χ2n) is 6.14. The van der Waals surface area contributed by atoms with Crippen LogP contribution in [0.4, 0.5) is 5.82 Å². The topological polar surface area (TPSA) is 41.8 Å². The van der Waals surface area contributed by atoms with Gasteiger partial charge in [-0.25, -0.2) is 0 Å². The third-order valence-corrected chi connectivity index (χ3v) is 4.01. The Morgan fingerprint density at radius 3 is 2.26 bits per heavy atom. The Kier molecular flexibility index (Phi) is 10.8. The van der Waals surface area contributed by atoms with Gasteiger partial charge < -0.3 is 10.7 Å². The number of anilines is 1. The van der Waals surface area contributed by atoms with Crippen LogP contribution in [-0.4, -0.2) is 4.98 Å². The van der Waals surface area contributed by atoms with Crippen LogP contribution in [0.25, 0.3) is 10.9 Å². The average molecular weight is 315 g/mol. The molecule has 2 rings (SSSR count). The number of rotatable bonds is 9. The Morgan fingerprint density at radius 2 is 1.61 bits per heavy atom. The van der Waals surface area contributed by atoms with Crippen molar-refractivity contribution in [2.75, 3.05) is 5.73 Å². The molecule has 0 saturated carbocycles. The molecule has 2 heteroatoms. The van der Waals surface area contributed by atoms with Crippen molar-refractivity contribution in [1.82, 2.24) is 4.98 Å². The smallest absolute Gasteiger partial charge is 0.101 e. The molecule has 0 aliphatic heterocycles. The van der Waals surface area contributed by atoms with Crippen LogP contribution >= 0.6 is 0 Å². The van der Waals surface area contributed by atoms with E-state index in [0.29, 0.717) is 0 Å². The van der Waals surface area contributed by atoms with Crippen molar-refractivity contribution in [3.05, 3.63) is 42.5 Å². The number of nitrogens with one attached hydrogen (secondary N) is 1. The second kappa shape index (κ2) is 12.8. The molecule has 0 unspecified atom stereocenters. The van der Waals surface area contributed by atoms with Crippen molar-refractivity contribution >= 4 is 16.7 Å². The van der Waals surface area contributed by atoms with Crippen molar-refractivity contribution in [1.29, 1.82) is 0 Å². The fraction of sp³-hybridized carbons (Fsp3) is 0.524. The van der Waals surface area contributed by atoms with Crippen molar-refractivity contribution < 1.29 is 0 Å². The SMILES string of the molecule is CC=CCCCCCCCCCC.Nc1cc2ccccc2[nH]1. The molecule has 2 nitrogen and oxygen atoms in total. The molecule has 0 fully saturated rings. The van der Waals surface area contributed by atoms with Crippen LogP contribution in [0.1, 0.15) is 71.6 Å². The first-order valence-corrected chi connectivity index (χ1v) is 9.22. The van der Waals surface area contributed by atoms with Crippen molar-refractivity contribution in [3.8, 4) is 0 Å². The Bertz CT molecular complexity index is 507. The molecule has 0 aliphatic rings. The lowest BCUT2D eigenvalue weighted by Crippen LogP contribution is -1.80. The fourth-order valence-electron chi connectivity index (χ4n) is 2.66. The van der Waals surface area contributed by atoms with Gasteiger partial charge in [-0.05, 0) is 31.9 Å². The van der Waals surface area contributed by atoms with Crippen LogP contribution in [0.15, 0.2) is 42.5 Å². The molecule has 0 amide bonds. The number of aromatic nitrogens is 1. The van der Waals surface area contributed by atoms with E-state index in [-0.39, 0.29) is 0 Å². The lowest BCUT2D eigenvalue weighted by Gasteiger charge is -1.99. The minimum Gasteiger partial charge on any atom is -0.385 e. The van der Waals surface area contributed by atoms with Gasteiger partial charge in [0.15, 0.2) is 0 Å². The molecule has 0 saturated heterocycles. The van der Waals surface area contributed by atoms with Crippen molar-refractivity contribution in [2.45, 2.75) is 71.6 Å². The lowest BCUT2D eigenvalue weighted by molar-refractivity contribution is 0.577. The maximum atomic E-state index is 5.54. The molecule has 1 heterocycles. The highest BCUT2D eigenvalue weighted by atomic mass is 14.8. The number of H-pyrrole nitrogens is 1. The Morgan fingerprint density at radius 1 is 0.957 bits per heavy atom. The number of allylic oxidation sites excluding steroid dienone is 2. The molecule has 3 N–H and O–H groups in total. The fourth-order valence-corrected chi connectivity index (χ4v) is 2.66. The molecular weight excluding hydrogens is 280 g/mol. The Labute approximate surface area is 142 Å². The molecule has 0 atom stereocenters. The first-order valence-electron chi connectivity index (χ1n) is 9.22. The summed E-state index contributed by atoms with van der Waals surface area (Å²) in [6, 6.07) is 9.94. The monoisotopic (exact) mass is 314 g/mol. The number of nitrogens with two attached hydrogens (primary N) is 1. The summed E-state index contributed by atoms with van der Waals surface area (Å²) >= 11 is 0. The van der Waals surface area contributed by atoms with Gasteiger partial charge in [0, 0.05) is 10.9 Å². The van der Waals surface area contributed by atoms with E-state index in [2.05, 4.69) is 31.0 Å².